The van der Waals surface area contributed by atoms with E-state index in [0.717, 1.165) is 18.6 Å². The highest BCUT2D eigenvalue weighted by Gasteiger charge is 2.63. The van der Waals surface area contributed by atoms with Crippen molar-refractivity contribution in [3.63, 3.8) is 0 Å². The third-order valence-electron chi connectivity index (χ3n) is 5.75. The maximum atomic E-state index is 15.7. The van der Waals surface area contributed by atoms with Crippen LogP contribution >= 0.6 is 0 Å². The third kappa shape index (κ3) is 2.83. The molecule has 1 saturated heterocycles. The van der Waals surface area contributed by atoms with Crippen molar-refractivity contribution in [2.75, 3.05) is 6.54 Å². The minimum Gasteiger partial charge on any atom is -0.338 e. The van der Waals surface area contributed by atoms with E-state index in [1.54, 1.807) is 17.0 Å². The van der Waals surface area contributed by atoms with Crippen molar-refractivity contribution in [3.05, 3.63) is 59.7 Å². The Morgan fingerprint density at radius 1 is 1.19 bits per heavy atom. The summed E-state index contributed by atoms with van der Waals surface area (Å²) in [5.74, 6) is -2.62. The largest absolute Gasteiger partial charge is 0.338 e. The molecule has 1 aliphatic carbocycles. The summed E-state index contributed by atoms with van der Waals surface area (Å²) in [5.41, 5.74) is 4.02. The van der Waals surface area contributed by atoms with Crippen molar-refractivity contribution in [3.8, 4) is 11.1 Å². The number of amides is 1. The Morgan fingerprint density at radius 2 is 1.85 bits per heavy atom. The normalized spacial score (nSPS) is 27.8. The van der Waals surface area contributed by atoms with Gasteiger partial charge in [0.2, 0.25) is 5.91 Å². The first-order valence-corrected chi connectivity index (χ1v) is 9.13. The summed E-state index contributed by atoms with van der Waals surface area (Å²) in [6, 6.07) is 9.54. The molecule has 3 nitrogen and oxygen atoms in total. The second-order valence-electron chi connectivity index (χ2n) is 7.51. The van der Waals surface area contributed by atoms with Crippen LogP contribution in [-0.4, -0.2) is 29.4 Å². The highest BCUT2D eigenvalue weighted by atomic mass is 19.1. The summed E-state index contributed by atoms with van der Waals surface area (Å²) < 4.78 is 44.2. The van der Waals surface area contributed by atoms with E-state index in [1.165, 1.54) is 18.2 Å². The minimum absolute atomic E-state index is 0.0150. The number of nitrogens with zero attached hydrogens (tertiary/aromatic N) is 1. The summed E-state index contributed by atoms with van der Waals surface area (Å²) in [4.78, 5) is 14.4. The van der Waals surface area contributed by atoms with E-state index >= 15 is 4.39 Å². The minimum atomic E-state index is -1.92. The molecule has 27 heavy (non-hydrogen) atoms. The monoisotopic (exact) mass is 374 g/mol. The van der Waals surface area contributed by atoms with Crippen LogP contribution in [0.2, 0.25) is 0 Å². The summed E-state index contributed by atoms with van der Waals surface area (Å²) in [5, 5.41) is 0. The molecule has 0 bridgehead atoms. The number of carbonyl (C=O) groups excluding carboxylic acids is 1. The summed E-state index contributed by atoms with van der Waals surface area (Å²) in [6.07, 6.45) is 0.827. The lowest BCUT2D eigenvalue weighted by molar-refractivity contribution is -0.142. The number of nitrogens with two attached hydrogens (primary N) is 1. The zero-order chi connectivity index (χ0) is 19.3. The van der Waals surface area contributed by atoms with Gasteiger partial charge in [-0.15, -0.1) is 0 Å². The smallest absolute Gasteiger partial charge is 0.229 e. The summed E-state index contributed by atoms with van der Waals surface area (Å²) in [6.45, 7) is 2.40. The molecule has 2 aromatic rings. The van der Waals surface area contributed by atoms with E-state index in [2.05, 4.69) is 0 Å². The van der Waals surface area contributed by atoms with Crippen LogP contribution in [0.5, 0.6) is 0 Å². The second kappa shape index (κ2) is 6.37. The Labute approximate surface area is 156 Å². The van der Waals surface area contributed by atoms with Gasteiger partial charge in [-0.2, -0.15) is 0 Å². The van der Waals surface area contributed by atoms with Crippen LogP contribution in [0.3, 0.4) is 0 Å². The molecular weight excluding hydrogens is 353 g/mol. The molecule has 0 aromatic heterocycles. The average Bonchev–Trinajstić information content (AvgIpc) is 3.27. The summed E-state index contributed by atoms with van der Waals surface area (Å²) in [7, 11) is 0. The molecule has 0 spiro atoms. The Bertz CT molecular complexity index is 880. The van der Waals surface area contributed by atoms with Gasteiger partial charge in [-0.3, -0.25) is 4.79 Å². The van der Waals surface area contributed by atoms with Crippen molar-refractivity contribution in [1.82, 2.24) is 4.90 Å². The third-order valence-corrected chi connectivity index (χ3v) is 5.75. The highest BCUT2D eigenvalue weighted by Crippen LogP contribution is 2.59. The van der Waals surface area contributed by atoms with Crippen molar-refractivity contribution < 1.29 is 18.0 Å². The maximum Gasteiger partial charge on any atom is 0.229 e. The van der Waals surface area contributed by atoms with Gasteiger partial charge >= 0.3 is 0 Å². The standard InChI is InChI=1S/C21H21F3N2O/c1-12(25)18-9-10-26(18)20(27)15-11-21(15,24)14-6-3-2-5-13(14)19-16(22)7-4-8-17(19)23/h2-8,12,15,18H,9-11,25H2,1H3/t12?,15-,18-,21+/m0/s1. The first-order valence-electron chi connectivity index (χ1n) is 9.13. The molecule has 4 rings (SSSR count). The fourth-order valence-electron chi connectivity index (χ4n) is 4.07. The van der Waals surface area contributed by atoms with Gasteiger partial charge in [0.1, 0.15) is 17.3 Å². The number of likely N-dealkylation sites (tertiary alicyclic amines) is 1. The van der Waals surface area contributed by atoms with Gasteiger partial charge in [-0.25, -0.2) is 13.2 Å². The lowest BCUT2D eigenvalue weighted by Gasteiger charge is -2.43. The molecule has 2 N–H and O–H groups in total. The zero-order valence-electron chi connectivity index (χ0n) is 15.0. The topological polar surface area (TPSA) is 46.3 Å². The van der Waals surface area contributed by atoms with Crippen LogP contribution in [0.4, 0.5) is 13.2 Å². The molecular formula is C21H21F3N2O. The molecule has 142 valence electrons. The molecule has 1 heterocycles. The van der Waals surface area contributed by atoms with Gasteiger partial charge in [0.15, 0.2) is 0 Å². The number of rotatable bonds is 4. The second-order valence-corrected chi connectivity index (χ2v) is 7.51. The van der Waals surface area contributed by atoms with Crippen LogP contribution in [-0.2, 0) is 10.5 Å². The van der Waals surface area contributed by atoms with Crippen LogP contribution in [0.15, 0.2) is 42.5 Å². The average molecular weight is 374 g/mol. The van der Waals surface area contributed by atoms with Gasteiger partial charge in [0, 0.05) is 25.0 Å². The number of halogens is 3. The molecule has 2 aliphatic rings. The van der Waals surface area contributed by atoms with Gasteiger partial charge in [-0.05, 0) is 36.6 Å². The highest BCUT2D eigenvalue weighted by molar-refractivity contribution is 5.86. The van der Waals surface area contributed by atoms with Gasteiger partial charge in [-0.1, -0.05) is 30.3 Å². The molecule has 1 unspecified atom stereocenters. The summed E-state index contributed by atoms with van der Waals surface area (Å²) >= 11 is 0. The predicted molar refractivity (Wildman–Crippen MR) is 96.5 cm³/mol. The Kier molecular flexibility index (Phi) is 4.26. The number of benzene rings is 2. The lowest BCUT2D eigenvalue weighted by Crippen LogP contribution is -2.59. The van der Waals surface area contributed by atoms with Crippen LogP contribution in [0.1, 0.15) is 25.3 Å². The number of hydrogen-bond donors (Lipinski definition) is 1. The van der Waals surface area contributed by atoms with Crippen molar-refractivity contribution in [1.29, 1.82) is 0 Å². The molecule has 0 radical (unpaired) electrons. The van der Waals surface area contributed by atoms with E-state index in [1.807, 2.05) is 6.92 Å². The SMILES string of the molecule is CC(N)[C@@H]1CCN1C(=O)[C@@H]1C[C@@]1(F)c1ccccc1-c1c(F)cccc1F. The number of hydrogen-bond acceptors (Lipinski definition) is 2. The van der Waals surface area contributed by atoms with E-state index in [-0.39, 0.29) is 41.1 Å². The van der Waals surface area contributed by atoms with Crippen molar-refractivity contribution >= 4 is 5.91 Å². The molecule has 1 saturated carbocycles. The fraction of sp³-hybridized carbons (Fsp3) is 0.381. The lowest BCUT2D eigenvalue weighted by atomic mass is 9.92. The van der Waals surface area contributed by atoms with Crippen molar-refractivity contribution in [2.24, 2.45) is 11.7 Å². The van der Waals surface area contributed by atoms with Gasteiger partial charge in [0.05, 0.1) is 11.5 Å². The zero-order valence-corrected chi connectivity index (χ0v) is 15.0. The Hall–Kier alpha value is -2.34. The van der Waals surface area contributed by atoms with E-state index in [9.17, 15) is 13.6 Å². The molecule has 1 amide bonds. The molecule has 2 aromatic carbocycles. The van der Waals surface area contributed by atoms with Crippen molar-refractivity contribution in [2.45, 2.75) is 37.5 Å². The van der Waals surface area contributed by atoms with Crippen LogP contribution in [0, 0.1) is 17.6 Å². The molecule has 1 aliphatic heterocycles. The fourth-order valence-corrected chi connectivity index (χ4v) is 4.07. The molecule has 4 atom stereocenters. The number of carbonyl (C=O) groups is 1. The van der Waals surface area contributed by atoms with Gasteiger partial charge < -0.3 is 10.6 Å². The first kappa shape index (κ1) is 18.0. The van der Waals surface area contributed by atoms with E-state index < -0.39 is 23.2 Å². The van der Waals surface area contributed by atoms with Crippen LogP contribution < -0.4 is 5.73 Å². The Balaban J connectivity index is 1.67. The van der Waals surface area contributed by atoms with Gasteiger partial charge in [0.25, 0.3) is 0 Å². The molecule has 2 fully saturated rings. The van der Waals surface area contributed by atoms with E-state index in [0.29, 0.717) is 6.54 Å². The molecule has 6 heteroatoms. The van der Waals surface area contributed by atoms with E-state index in [4.69, 9.17) is 5.73 Å². The number of alkyl halides is 1. The van der Waals surface area contributed by atoms with Crippen LogP contribution in [0.25, 0.3) is 11.1 Å². The predicted octanol–water partition coefficient (Wildman–Crippen LogP) is 3.76. The first-order chi connectivity index (χ1) is 12.8. The Morgan fingerprint density at radius 3 is 2.44 bits per heavy atom. The maximum absolute atomic E-state index is 15.7. The quantitative estimate of drug-likeness (QED) is 0.886.